The van der Waals surface area contributed by atoms with Gasteiger partial charge in [0.2, 0.25) is 0 Å². The fourth-order valence-corrected chi connectivity index (χ4v) is 3.50. The Hall–Kier alpha value is -0.0400. The zero-order valence-electron chi connectivity index (χ0n) is 8.10. The van der Waals surface area contributed by atoms with E-state index < -0.39 is 0 Å². The standard InChI is InChI=1S/C11H20O/c1-10-4-2-6-11(8-10,9-12)7-3-5-10/h12H,2-9H2,1H3. The molecule has 0 heterocycles. The van der Waals surface area contributed by atoms with Crippen LogP contribution in [-0.2, 0) is 0 Å². The van der Waals surface area contributed by atoms with Crippen LogP contribution < -0.4 is 0 Å². The van der Waals surface area contributed by atoms with Gasteiger partial charge in [-0.2, -0.15) is 0 Å². The minimum Gasteiger partial charge on any atom is -0.396 e. The number of rotatable bonds is 1. The molecule has 12 heavy (non-hydrogen) atoms. The van der Waals surface area contributed by atoms with Crippen LogP contribution in [0.15, 0.2) is 0 Å². The highest BCUT2D eigenvalue weighted by molar-refractivity contribution is 4.95. The van der Waals surface area contributed by atoms with E-state index in [1.165, 1.54) is 44.9 Å². The van der Waals surface area contributed by atoms with Crippen LogP contribution in [0.25, 0.3) is 0 Å². The summed E-state index contributed by atoms with van der Waals surface area (Å²) in [6.45, 7) is 2.85. The van der Waals surface area contributed by atoms with Crippen LogP contribution in [-0.4, -0.2) is 11.7 Å². The Morgan fingerprint density at radius 2 is 1.67 bits per heavy atom. The molecule has 0 spiro atoms. The predicted molar refractivity (Wildman–Crippen MR) is 49.9 cm³/mol. The van der Waals surface area contributed by atoms with Gasteiger partial charge in [0.25, 0.3) is 0 Å². The third kappa shape index (κ3) is 1.28. The molecule has 0 aromatic rings. The molecule has 0 aromatic heterocycles. The summed E-state index contributed by atoms with van der Waals surface area (Å²) in [6, 6.07) is 0. The molecule has 1 nitrogen and oxygen atoms in total. The summed E-state index contributed by atoms with van der Waals surface area (Å²) in [6.07, 6.45) is 9.33. The van der Waals surface area contributed by atoms with E-state index in [0.717, 1.165) is 0 Å². The number of hydrogen-bond acceptors (Lipinski definition) is 1. The molecular weight excluding hydrogens is 148 g/mol. The third-order valence-electron chi connectivity index (χ3n) is 4.11. The van der Waals surface area contributed by atoms with Crippen molar-refractivity contribution in [1.82, 2.24) is 0 Å². The first-order chi connectivity index (χ1) is 5.68. The van der Waals surface area contributed by atoms with Crippen molar-refractivity contribution >= 4 is 0 Å². The van der Waals surface area contributed by atoms with Crippen molar-refractivity contribution in [2.75, 3.05) is 6.61 Å². The van der Waals surface area contributed by atoms with Gasteiger partial charge >= 0.3 is 0 Å². The summed E-state index contributed by atoms with van der Waals surface area (Å²) >= 11 is 0. The minimum absolute atomic E-state index is 0.339. The molecule has 1 heteroatoms. The second kappa shape index (κ2) is 2.73. The lowest BCUT2D eigenvalue weighted by Gasteiger charge is -2.50. The number of aliphatic hydroxyl groups is 1. The maximum Gasteiger partial charge on any atom is 0.0487 e. The Morgan fingerprint density at radius 3 is 2.08 bits per heavy atom. The maximum atomic E-state index is 9.41. The molecule has 2 rings (SSSR count). The highest BCUT2D eigenvalue weighted by Crippen LogP contribution is 2.54. The second-order valence-electron chi connectivity index (χ2n) is 5.35. The van der Waals surface area contributed by atoms with Crippen molar-refractivity contribution in [2.24, 2.45) is 10.8 Å². The normalized spacial score (nSPS) is 47.5. The first-order valence-electron chi connectivity index (χ1n) is 5.29. The smallest absolute Gasteiger partial charge is 0.0487 e. The second-order valence-corrected chi connectivity index (χ2v) is 5.35. The third-order valence-corrected chi connectivity index (χ3v) is 4.11. The molecule has 2 saturated carbocycles. The van der Waals surface area contributed by atoms with Crippen LogP contribution in [0.4, 0.5) is 0 Å². The van der Waals surface area contributed by atoms with E-state index in [1.54, 1.807) is 0 Å². The average molecular weight is 168 g/mol. The quantitative estimate of drug-likeness (QED) is 0.638. The van der Waals surface area contributed by atoms with Crippen molar-refractivity contribution in [3.05, 3.63) is 0 Å². The highest BCUT2D eigenvalue weighted by Gasteiger charge is 2.44. The summed E-state index contributed by atoms with van der Waals surface area (Å²) < 4.78 is 0. The summed E-state index contributed by atoms with van der Waals surface area (Å²) in [5, 5.41) is 9.41. The van der Waals surface area contributed by atoms with Gasteiger partial charge in [-0.3, -0.25) is 0 Å². The lowest BCUT2D eigenvalue weighted by atomic mass is 9.56. The van der Waals surface area contributed by atoms with Gasteiger partial charge in [0.05, 0.1) is 0 Å². The number of aliphatic hydroxyl groups excluding tert-OH is 1. The van der Waals surface area contributed by atoms with E-state index in [0.29, 0.717) is 17.4 Å². The zero-order chi connectivity index (χ0) is 8.66. The summed E-state index contributed by atoms with van der Waals surface area (Å²) in [7, 11) is 0. The molecule has 0 aromatic carbocycles. The van der Waals surface area contributed by atoms with E-state index in [1.807, 2.05) is 0 Å². The van der Waals surface area contributed by atoms with Crippen molar-refractivity contribution < 1.29 is 5.11 Å². The fraction of sp³-hybridized carbons (Fsp3) is 1.00. The van der Waals surface area contributed by atoms with Crippen molar-refractivity contribution in [1.29, 1.82) is 0 Å². The largest absolute Gasteiger partial charge is 0.396 e. The molecule has 2 aliphatic rings. The molecule has 0 atom stereocenters. The SMILES string of the molecule is CC12CCCC(CO)(CCC1)C2. The van der Waals surface area contributed by atoms with E-state index in [-0.39, 0.29) is 0 Å². The monoisotopic (exact) mass is 168 g/mol. The fourth-order valence-electron chi connectivity index (χ4n) is 3.50. The van der Waals surface area contributed by atoms with E-state index >= 15 is 0 Å². The van der Waals surface area contributed by atoms with Crippen molar-refractivity contribution in [3.8, 4) is 0 Å². The first-order valence-corrected chi connectivity index (χ1v) is 5.29. The molecule has 0 saturated heterocycles. The van der Waals surface area contributed by atoms with E-state index in [9.17, 15) is 5.11 Å². The molecule has 1 N–H and O–H groups in total. The van der Waals surface area contributed by atoms with Gasteiger partial charge in [0, 0.05) is 6.61 Å². The Balaban J connectivity index is 2.16. The van der Waals surface area contributed by atoms with Crippen LogP contribution in [0.3, 0.4) is 0 Å². The van der Waals surface area contributed by atoms with Crippen molar-refractivity contribution in [2.45, 2.75) is 51.9 Å². The Bertz CT molecular complexity index is 164. The molecule has 0 radical (unpaired) electrons. The molecule has 0 unspecified atom stereocenters. The number of hydrogen-bond donors (Lipinski definition) is 1. The Morgan fingerprint density at radius 1 is 1.08 bits per heavy atom. The minimum atomic E-state index is 0.339. The van der Waals surface area contributed by atoms with Crippen LogP contribution in [0.5, 0.6) is 0 Å². The number of fused-ring (bicyclic) bond motifs is 2. The Kier molecular flexibility index (Phi) is 1.95. The zero-order valence-corrected chi connectivity index (χ0v) is 8.10. The lowest BCUT2D eigenvalue weighted by Crippen LogP contribution is -2.41. The van der Waals surface area contributed by atoms with Crippen LogP contribution in [0, 0.1) is 10.8 Å². The van der Waals surface area contributed by atoms with Crippen LogP contribution in [0.1, 0.15) is 51.9 Å². The molecule has 0 aliphatic heterocycles. The van der Waals surface area contributed by atoms with Gasteiger partial charge in [-0.25, -0.2) is 0 Å². The van der Waals surface area contributed by atoms with Crippen molar-refractivity contribution in [3.63, 3.8) is 0 Å². The van der Waals surface area contributed by atoms with Gasteiger partial charge in [-0.05, 0) is 42.9 Å². The molecule has 2 fully saturated rings. The van der Waals surface area contributed by atoms with E-state index in [4.69, 9.17) is 0 Å². The van der Waals surface area contributed by atoms with Gasteiger partial charge in [-0.1, -0.05) is 19.8 Å². The molecule has 2 aliphatic carbocycles. The summed E-state index contributed by atoms with van der Waals surface area (Å²) in [5.74, 6) is 0. The molecule has 70 valence electrons. The highest BCUT2D eigenvalue weighted by atomic mass is 16.3. The summed E-state index contributed by atoms with van der Waals surface area (Å²) in [4.78, 5) is 0. The van der Waals surface area contributed by atoms with Gasteiger partial charge in [-0.15, -0.1) is 0 Å². The van der Waals surface area contributed by atoms with Gasteiger partial charge < -0.3 is 5.11 Å². The van der Waals surface area contributed by atoms with Crippen LogP contribution in [0.2, 0.25) is 0 Å². The topological polar surface area (TPSA) is 20.2 Å². The van der Waals surface area contributed by atoms with Gasteiger partial charge in [0.15, 0.2) is 0 Å². The average Bonchev–Trinajstić information content (AvgIpc) is 2.03. The van der Waals surface area contributed by atoms with Gasteiger partial charge in [0.1, 0.15) is 0 Å². The Labute approximate surface area is 75.2 Å². The lowest BCUT2D eigenvalue weighted by molar-refractivity contribution is -0.0259. The molecular formula is C11H20O. The summed E-state index contributed by atoms with van der Waals surface area (Å²) in [5.41, 5.74) is 0.921. The predicted octanol–water partition coefficient (Wildman–Crippen LogP) is 2.73. The molecule has 2 bridgehead atoms. The maximum absolute atomic E-state index is 9.41. The van der Waals surface area contributed by atoms with Crippen LogP contribution >= 0.6 is 0 Å². The first kappa shape index (κ1) is 8.55. The van der Waals surface area contributed by atoms with E-state index in [2.05, 4.69) is 6.92 Å². The molecule has 0 amide bonds.